The van der Waals surface area contributed by atoms with Gasteiger partial charge in [0, 0.05) is 11.8 Å². The number of halogens is 6. The molecule has 1 fully saturated rings. The van der Waals surface area contributed by atoms with E-state index in [9.17, 15) is 26.3 Å². The Kier molecular flexibility index (Phi) is 6.66. The molecule has 0 heterocycles. The van der Waals surface area contributed by atoms with E-state index in [1.165, 1.54) is 24.3 Å². The van der Waals surface area contributed by atoms with Gasteiger partial charge in [0.2, 0.25) is 0 Å². The van der Waals surface area contributed by atoms with Gasteiger partial charge in [-0.2, -0.15) is 26.3 Å². The molecule has 0 saturated heterocycles. The van der Waals surface area contributed by atoms with Crippen LogP contribution in [0.25, 0.3) is 33.4 Å². The van der Waals surface area contributed by atoms with Crippen LogP contribution in [0.15, 0.2) is 157 Å². The van der Waals surface area contributed by atoms with Gasteiger partial charge in [-0.3, -0.25) is 0 Å². The van der Waals surface area contributed by atoms with Crippen molar-refractivity contribution < 1.29 is 26.3 Å². The van der Waals surface area contributed by atoms with Crippen LogP contribution in [-0.4, -0.2) is 0 Å². The molecule has 6 aromatic carbocycles. The number of rotatable bonds is 2. The largest absolute Gasteiger partial charge is 0.416 e. The van der Waals surface area contributed by atoms with Crippen molar-refractivity contribution in [2.75, 3.05) is 0 Å². The summed E-state index contributed by atoms with van der Waals surface area (Å²) in [6, 6.07) is 43.0. The monoisotopic (exact) mass is 668 g/mol. The van der Waals surface area contributed by atoms with E-state index in [0.29, 0.717) is 11.1 Å². The maximum atomic E-state index is 13.8. The highest BCUT2D eigenvalue weighted by Gasteiger charge is 2.49. The second-order valence-corrected chi connectivity index (χ2v) is 13.0. The third kappa shape index (κ3) is 4.54. The number of alkyl halides is 6. The molecular weight excluding hydrogens is 642 g/mol. The molecule has 0 amide bonds. The van der Waals surface area contributed by atoms with E-state index in [1.807, 2.05) is 48.5 Å². The molecule has 244 valence electrons. The van der Waals surface area contributed by atoms with E-state index in [4.69, 9.17) is 0 Å². The third-order valence-electron chi connectivity index (χ3n) is 10.3. The van der Waals surface area contributed by atoms with Crippen LogP contribution in [0.2, 0.25) is 0 Å². The van der Waals surface area contributed by atoms with Crippen LogP contribution in [0.5, 0.6) is 0 Å². The van der Waals surface area contributed by atoms with E-state index in [-0.39, 0.29) is 0 Å². The van der Waals surface area contributed by atoms with E-state index < -0.39 is 35.3 Å². The molecule has 0 N–H and O–H groups in total. The summed E-state index contributed by atoms with van der Waals surface area (Å²) in [5.41, 5.74) is 12.1. The second-order valence-electron chi connectivity index (χ2n) is 13.0. The fourth-order valence-corrected chi connectivity index (χ4v) is 8.24. The second kappa shape index (κ2) is 10.9. The average molecular weight is 669 g/mol. The lowest BCUT2D eigenvalue weighted by atomic mass is 9.56. The Morgan fingerprint density at radius 1 is 0.300 bits per heavy atom. The Labute approximate surface area is 284 Å². The van der Waals surface area contributed by atoms with Crippen LogP contribution in [0, 0.1) is 0 Å². The summed E-state index contributed by atoms with van der Waals surface area (Å²) < 4.78 is 82.7. The van der Waals surface area contributed by atoms with Crippen molar-refractivity contribution in [1.82, 2.24) is 0 Å². The SMILES string of the molecule is FC(F)(F)c1ccc([C@H]2C(=C3c4ccccc4-c4ccccc43)C(=C3c4ccccc4-c4ccccc43)[C@H]2c2ccc(C(F)(F)F)cc2)cc1. The first-order valence-electron chi connectivity index (χ1n) is 16.3. The molecule has 0 bridgehead atoms. The van der Waals surface area contributed by atoms with Crippen LogP contribution in [-0.2, 0) is 12.4 Å². The number of allylic oxidation sites excluding steroid dienone is 2. The highest BCUT2D eigenvalue weighted by atomic mass is 19.4. The Bertz CT molecular complexity index is 2120. The first-order valence-corrected chi connectivity index (χ1v) is 16.3. The van der Waals surface area contributed by atoms with Gasteiger partial charge in [-0.1, -0.05) is 121 Å². The molecule has 50 heavy (non-hydrogen) atoms. The van der Waals surface area contributed by atoms with Crippen LogP contribution < -0.4 is 0 Å². The zero-order chi connectivity index (χ0) is 34.4. The first kappa shape index (κ1) is 30.4. The van der Waals surface area contributed by atoms with E-state index >= 15 is 0 Å². The quantitative estimate of drug-likeness (QED) is 0.161. The zero-order valence-corrected chi connectivity index (χ0v) is 26.3. The molecule has 9 rings (SSSR count). The third-order valence-corrected chi connectivity index (χ3v) is 10.3. The molecule has 1 saturated carbocycles. The van der Waals surface area contributed by atoms with Crippen molar-refractivity contribution in [3.05, 3.63) is 201 Å². The van der Waals surface area contributed by atoms with Crippen LogP contribution in [0.4, 0.5) is 26.3 Å². The number of fused-ring (bicyclic) bond motifs is 6. The van der Waals surface area contributed by atoms with Gasteiger partial charge in [-0.25, -0.2) is 0 Å². The van der Waals surface area contributed by atoms with Crippen LogP contribution in [0.3, 0.4) is 0 Å². The number of benzene rings is 6. The molecule has 3 aliphatic rings. The minimum atomic E-state index is -4.51. The lowest BCUT2D eigenvalue weighted by Gasteiger charge is -2.46. The smallest absolute Gasteiger partial charge is 0.166 e. The fourth-order valence-electron chi connectivity index (χ4n) is 8.24. The van der Waals surface area contributed by atoms with Crippen molar-refractivity contribution in [2.24, 2.45) is 0 Å². The summed E-state index contributed by atoms with van der Waals surface area (Å²) in [6.45, 7) is 0. The van der Waals surface area contributed by atoms with E-state index in [1.54, 1.807) is 0 Å². The van der Waals surface area contributed by atoms with Gasteiger partial charge in [0.25, 0.3) is 0 Å². The van der Waals surface area contributed by atoms with Gasteiger partial charge in [-0.05, 0) is 102 Å². The summed E-state index contributed by atoms with van der Waals surface area (Å²) in [6.07, 6.45) is -9.03. The molecule has 6 heteroatoms. The van der Waals surface area contributed by atoms with Gasteiger partial charge < -0.3 is 0 Å². The predicted octanol–water partition coefficient (Wildman–Crippen LogP) is 12.6. The number of hydrogen-bond acceptors (Lipinski definition) is 0. The Morgan fingerprint density at radius 3 is 0.780 bits per heavy atom. The normalized spacial score (nSPS) is 17.6. The zero-order valence-electron chi connectivity index (χ0n) is 26.3. The Balaban J connectivity index is 1.40. The van der Waals surface area contributed by atoms with Gasteiger partial charge in [0.05, 0.1) is 11.1 Å². The molecule has 0 spiro atoms. The maximum Gasteiger partial charge on any atom is 0.416 e. The minimum absolute atomic E-state index is 0.453. The van der Waals surface area contributed by atoms with Crippen molar-refractivity contribution in [2.45, 2.75) is 24.2 Å². The lowest BCUT2D eigenvalue weighted by molar-refractivity contribution is -0.138. The van der Waals surface area contributed by atoms with Crippen molar-refractivity contribution in [3.63, 3.8) is 0 Å². The minimum Gasteiger partial charge on any atom is -0.166 e. The molecule has 0 radical (unpaired) electrons. The highest BCUT2D eigenvalue weighted by molar-refractivity contribution is 6.09. The molecule has 0 nitrogen and oxygen atoms in total. The Hall–Kier alpha value is -5.62. The van der Waals surface area contributed by atoms with Crippen LogP contribution >= 0.6 is 0 Å². The summed E-state index contributed by atoms with van der Waals surface area (Å²) >= 11 is 0. The van der Waals surface area contributed by atoms with Crippen molar-refractivity contribution >= 4 is 11.1 Å². The van der Waals surface area contributed by atoms with Gasteiger partial charge in [0.15, 0.2) is 0 Å². The molecular formula is C44H26F6. The molecule has 0 unspecified atom stereocenters. The van der Waals surface area contributed by atoms with Crippen LogP contribution in [0.1, 0.15) is 56.3 Å². The summed E-state index contributed by atoms with van der Waals surface area (Å²) in [7, 11) is 0. The first-order chi connectivity index (χ1) is 24.1. The molecule has 2 atom stereocenters. The lowest BCUT2D eigenvalue weighted by Crippen LogP contribution is -2.31. The van der Waals surface area contributed by atoms with Gasteiger partial charge >= 0.3 is 12.4 Å². The predicted molar refractivity (Wildman–Crippen MR) is 184 cm³/mol. The van der Waals surface area contributed by atoms with E-state index in [0.717, 1.165) is 91.1 Å². The maximum absolute atomic E-state index is 13.8. The summed E-state index contributed by atoms with van der Waals surface area (Å²) in [5, 5.41) is 0. The summed E-state index contributed by atoms with van der Waals surface area (Å²) in [5.74, 6) is -0.906. The van der Waals surface area contributed by atoms with Gasteiger partial charge in [-0.15, -0.1) is 0 Å². The summed E-state index contributed by atoms with van der Waals surface area (Å²) in [4.78, 5) is 0. The highest BCUT2D eigenvalue weighted by Crippen LogP contribution is 2.66. The van der Waals surface area contributed by atoms with Crippen molar-refractivity contribution in [1.29, 1.82) is 0 Å². The average Bonchev–Trinajstić information content (AvgIpc) is 3.61. The van der Waals surface area contributed by atoms with E-state index in [2.05, 4.69) is 48.5 Å². The molecule has 0 aromatic heterocycles. The molecule has 3 aliphatic carbocycles. The Morgan fingerprint density at radius 2 is 0.540 bits per heavy atom. The topological polar surface area (TPSA) is 0 Å². The fraction of sp³-hybridized carbons (Fsp3) is 0.0909. The number of hydrogen-bond donors (Lipinski definition) is 0. The molecule has 6 aromatic rings. The molecule has 0 aliphatic heterocycles. The van der Waals surface area contributed by atoms with Gasteiger partial charge in [0.1, 0.15) is 0 Å². The standard InChI is InChI=1S/C44H26F6/c45-43(46,47)27-21-17-25(18-22-27)37-38(26-19-23-28(24-20-26)44(48,49)50)42(40-35-15-7-3-11-31(35)32-12-4-8-16-36(32)40)41(37)39-33-13-5-1-9-29(33)30-10-2-6-14-34(30)39/h1-24,37-38H/t37-,38+. The van der Waals surface area contributed by atoms with Crippen molar-refractivity contribution in [3.8, 4) is 22.3 Å².